The Morgan fingerprint density at radius 3 is 2.23 bits per heavy atom. The zero-order chi connectivity index (χ0) is 29.8. The largest absolute Gasteiger partial charge is 0.466 e. The minimum atomic E-state index is -0.947. The molecule has 39 heavy (non-hydrogen) atoms. The Labute approximate surface area is 234 Å². The van der Waals surface area contributed by atoms with Gasteiger partial charge in [-0.3, -0.25) is 14.4 Å². The molecule has 220 valence electrons. The second kappa shape index (κ2) is 16.1. The normalized spacial score (nSPS) is 13.6. The molecule has 1 rings (SSSR count). The van der Waals surface area contributed by atoms with E-state index in [0.29, 0.717) is 24.9 Å². The van der Waals surface area contributed by atoms with Crippen molar-refractivity contribution in [1.29, 1.82) is 0 Å². The summed E-state index contributed by atoms with van der Waals surface area (Å²) in [4.78, 5) is 54.0. The molecular weight excluding hydrogens is 498 g/mol. The number of nitrogens with one attached hydrogen (secondary N) is 2. The van der Waals surface area contributed by atoms with E-state index in [2.05, 4.69) is 10.6 Å². The van der Waals surface area contributed by atoms with E-state index in [1.54, 1.807) is 32.6 Å². The Balaban J connectivity index is 3.48. The van der Waals surface area contributed by atoms with Gasteiger partial charge >= 0.3 is 12.1 Å². The number of alkyl carbamates (subject to hydrolysis) is 1. The minimum absolute atomic E-state index is 0.0256. The van der Waals surface area contributed by atoms with Gasteiger partial charge in [-0.1, -0.05) is 51.8 Å². The Kier molecular flexibility index (Phi) is 14.0. The zero-order valence-corrected chi connectivity index (χ0v) is 25.3. The van der Waals surface area contributed by atoms with Crippen molar-refractivity contribution in [2.24, 2.45) is 5.92 Å². The molecule has 2 N–H and O–H groups in total. The Morgan fingerprint density at radius 2 is 1.69 bits per heavy atom. The number of carbonyl (C=O) groups is 4. The van der Waals surface area contributed by atoms with Crippen molar-refractivity contribution in [1.82, 2.24) is 15.5 Å². The number of unbranched alkanes of at least 4 members (excludes halogenated alkanes) is 1. The van der Waals surface area contributed by atoms with Crippen LogP contribution in [0.25, 0.3) is 0 Å². The van der Waals surface area contributed by atoms with Gasteiger partial charge in [0.1, 0.15) is 17.7 Å². The van der Waals surface area contributed by atoms with E-state index >= 15 is 0 Å². The van der Waals surface area contributed by atoms with Crippen LogP contribution in [0.5, 0.6) is 0 Å². The van der Waals surface area contributed by atoms with Crippen LogP contribution in [0.4, 0.5) is 4.79 Å². The number of aryl methyl sites for hydroxylation is 2. The Bertz CT molecular complexity index is 972. The highest BCUT2D eigenvalue weighted by Crippen LogP contribution is 2.27. The van der Waals surface area contributed by atoms with Gasteiger partial charge in [0.25, 0.3) is 0 Å². The fraction of sp³-hybridized carbons (Fsp3) is 0.667. The minimum Gasteiger partial charge on any atom is -0.466 e. The highest BCUT2D eigenvalue weighted by Gasteiger charge is 2.38. The van der Waals surface area contributed by atoms with Crippen LogP contribution in [-0.4, -0.2) is 60.1 Å². The first kappa shape index (κ1) is 33.9. The van der Waals surface area contributed by atoms with Crippen LogP contribution in [0, 0.1) is 19.8 Å². The molecule has 0 spiro atoms. The third-order valence-corrected chi connectivity index (χ3v) is 6.53. The van der Waals surface area contributed by atoms with Gasteiger partial charge in [-0.25, -0.2) is 4.79 Å². The number of hydrogen-bond donors (Lipinski definition) is 2. The lowest BCUT2D eigenvalue weighted by Crippen LogP contribution is -2.55. The molecule has 9 nitrogen and oxygen atoms in total. The molecule has 0 aromatic heterocycles. The summed E-state index contributed by atoms with van der Waals surface area (Å²) >= 11 is 0. The van der Waals surface area contributed by atoms with Crippen molar-refractivity contribution < 1.29 is 28.7 Å². The van der Waals surface area contributed by atoms with E-state index in [1.807, 2.05) is 52.8 Å². The van der Waals surface area contributed by atoms with E-state index in [0.717, 1.165) is 17.5 Å². The molecule has 0 aliphatic heterocycles. The van der Waals surface area contributed by atoms with E-state index in [4.69, 9.17) is 9.47 Å². The molecule has 0 fully saturated rings. The van der Waals surface area contributed by atoms with Gasteiger partial charge in [0.2, 0.25) is 11.8 Å². The number of rotatable bonds is 14. The quantitative estimate of drug-likeness (QED) is 0.318. The topological polar surface area (TPSA) is 114 Å². The summed E-state index contributed by atoms with van der Waals surface area (Å²) in [7, 11) is 0. The molecule has 3 atom stereocenters. The van der Waals surface area contributed by atoms with Crippen LogP contribution in [0.3, 0.4) is 0 Å². The first-order chi connectivity index (χ1) is 18.2. The number of benzene rings is 1. The lowest BCUT2D eigenvalue weighted by atomic mass is 9.94. The first-order valence-electron chi connectivity index (χ1n) is 14.1. The number of hydrogen-bond acceptors (Lipinski definition) is 6. The van der Waals surface area contributed by atoms with Crippen molar-refractivity contribution >= 4 is 23.9 Å². The molecule has 1 aromatic carbocycles. The average molecular weight is 548 g/mol. The predicted octanol–water partition coefficient (Wildman–Crippen LogP) is 4.98. The lowest BCUT2D eigenvalue weighted by molar-refractivity contribution is -0.145. The van der Waals surface area contributed by atoms with Crippen LogP contribution in [0.2, 0.25) is 0 Å². The first-order valence-corrected chi connectivity index (χ1v) is 14.1. The lowest BCUT2D eigenvalue weighted by Gasteiger charge is -2.36. The van der Waals surface area contributed by atoms with Gasteiger partial charge in [0, 0.05) is 13.1 Å². The van der Waals surface area contributed by atoms with E-state index in [1.165, 1.54) is 0 Å². The van der Waals surface area contributed by atoms with Crippen LogP contribution in [0.1, 0.15) is 96.9 Å². The summed E-state index contributed by atoms with van der Waals surface area (Å²) in [5.41, 5.74) is 1.99. The summed E-state index contributed by atoms with van der Waals surface area (Å²) in [6.45, 7) is 17.5. The van der Waals surface area contributed by atoms with Crippen LogP contribution in [0.15, 0.2) is 18.2 Å². The van der Waals surface area contributed by atoms with Gasteiger partial charge in [-0.05, 0) is 70.6 Å². The molecule has 1 aromatic rings. The molecule has 3 amide bonds. The molecule has 3 unspecified atom stereocenters. The highest BCUT2D eigenvalue weighted by molar-refractivity contribution is 5.92. The third kappa shape index (κ3) is 11.3. The summed E-state index contributed by atoms with van der Waals surface area (Å²) < 4.78 is 10.4. The fourth-order valence-electron chi connectivity index (χ4n) is 4.02. The van der Waals surface area contributed by atoms with Crippen LogP contribution >= 0.6 is 0 Å². The predicted molar refractivity (Wildman–Crippen MR) is 152 cm³/mol. The Hall–Kier alpha value is -3.10. The maximum atomic E-state index is 14.2. The Morgan fingerprint density at radius 1 is 1.03 bits per heavy atom. The molecule has 0 saturated carbocycles. The van der Waals surface area contributed by atoms with Crippen molar-refractivity contribution in [3.63, 3.8) is 0 Å². The summed E-state index contributed by atoms with van der Waals surface area (Å²) in [5.74, 6) is -1.36. The van der Waals surface area contributed by atoms with Gasteiger partial charge in [-0.15, -0.1) is 0 Å². The van der Waals surface area contributed by atoms with Crippen molar-refractivity contribution in [3.8, 4) is 0 Å². The van der Waals surface area contributed by atoms with Crippen LogP contribution < -0.4 is 10.6 Å². The molecule has 0 aliphatic rings. The number of nitrogens with zero attached hydrogens (tertiary/aromatic N) is 1. The van der Waals surface area contributed by atoms with E-state index in [9.17, 15) is 19.2 Å². The zero-order valence-electron chi connectivity index (χ0n) is 25.3. The molecular formula is C30H49N3O6. The van der Waals surface area contributed by atoms with E-state index < -0.39 is 35.7 Å². The fourth-order valence-corrected chi connectivity index (χ4v) is 4.02. The summed E-state index contributed by atoms with van der Waals surface area (Å²) in [6.07, 6.45) is 1.45. The van der Waals surface area contributed by atoms with Crippen LogP contribution in [-0.2, 0) is 23.9 Å². The van der Waals surface area contributed by atoms with Crippen molar-refractivity contribution in [2.75, 3.05) is 19.7 Å². The van der Waals surface area contributed by atoms with Gasteiger partial charge in [-0.2, -0.15) is 0 Å². The van der Waals surface area contributed by atoms with Gasteiger partial charge in [0.15, 0.2) is 0 Å². The number of ether oxygens (including phenoxy) is 2. The smallest absolute Gasteiger partial charge is 0.408 e. The summed E-state index contributed by atoms with van der Waals surface area (Å²) in [6, 6.07) is 3.86. The van der Waals surface area contributed by atoms with Crippen molar-refractivity contribution in [2.45, 2.75) is 106 Å². The second-order valence-electron chi connectivity index (χ2n) is 11.0. The summed E-state index contributed by atoms with van der Waals surface area (Å²) in [5, 5.41) is 5.60. The molecule has 0 heterocycles. The maximum Gasteiger partial charge on any atom is 0.408 e. The van der Waals surface area contributed by atoms with Gasteiger partial charge < -0.3 is 25.0 Å². The molecule has 0 bridgehead atoms. The number of carbonyl (C=O) groups excluding carboxylic acids is 4. The number of esters is 1. The van der Waals surface area contributed by atoms with Crippen molar-refractivity contribution in [3.05, 3.63) is 34.9 Å². The highest BCUT2D eigenvalue weighted by atomic mass is 16.6. The molecule has 0 radical (unpaired) electrons. The van der Waals surface area contributed by atoms with Gasteiger partial charge in [0.05, 0.1) is 13.0 Å². The SMILES string of the molecule is CCCCN(C(=O)C(NC(=O)OC(C)(C)C)C(C)CC)C(C(=O)NCCC(=O)OCC)c1ccc(C)c(C)c1. The molecule has 0 saturated heterocycles. The maximum absolute atomic E-state index is 14.2. The number of amides is 3. The monoisotopic (exact) mass is 547 g/mol. The second-order valence-corrected chi connectivity index (χ2v) is 11.0. The third-order valence-electron chi connectivity index (χ3n) is 6.53. The average Bonchev–Trinajstić information content (AvgIpc) is 2.85. The standard InChI is InChI=1S/C30H49N3O6/c1-10-13-18-33(28(36)25(20(4)11-2)32-29(37)39-30(7,8)9)26(23-15-14-21(5)22(6)19-23)27(35)31-17-16-24(34)38-12-3/h14-15,19-20,25-26H,10-13,16-18H2,1-9H3,(H,31,35)(H,32,37). The van der Waals surface area contributed by atoms with E-state index in [-0.39, 0.29) is 31.4 Å². The molecule has 9 heteroatoms. The molecule has 0 aliphatic carbocycles.